The van der Waals surface area contributed by atoms with Gasteiger partial charge in [-0.2, -0.15) is 12.6 Å². The van der Waals surface area contributed by atoms with E-state index in [0.29, 0.717) is 6.42 Å². The summed E-state index contributed by atoms with van der Waals surface area (Å²) in [5.41, 5.74) is 4.41. The molecule has 0 aromatic heterocycles. The molecule has 8 nitrogen and oxygen atoms in total. The first-order valence-corrected chi connectivity index (χ1v) is 25.5. The van der Waals surface area contributed by atoms with Gasteiger partial charge in [0.1, 0.15) is 25.4 Å². The number of hydrogen-bond donors (Lipinski definition) is 2. The molecule has 2 aromatic rings. The molecule has 0 fully saturated rings. The molecule has 3 rings (SSSR count). The third-order valence-corrected chi connectivity index (χ3v) is 12.5. The fraction of sp³-hybridized carbons (Fsp3) is 0.679. The topological polar surface area (TPSA) is 108 Å². The van der Waals surface area contributed by atoms with Crippen LogP contribution >= 0.6 is 12.6 Å². The molecule has 1 N–H and O–H groups in total. The number of carbonyl (C=O) groups is 4. The van der Waals surface area contributed by atoms with Gasteiger partial charge in [0.2, 0.25) is 0 Å². The van der Waals surface area contributed by atoms with E-state index in [1.807, 2.05) is 36.4 Å². The van der Waals surface area contributed by atoms with Crippen LogP contribution in [0.5, 0.6) is 0 Å². The summed E-state index contributed by atoms with van der Waals surface area (Å²) in [5, 5.41) is 2.64. The van der Waals surface area contributed by atoms with Crippen molar-refractivity contribution in [1.29, 1.82) is 0 Å². The Morgan fingerprint density at radius 1 is 0.565 bits per heavy atom. The van der Waals surface area contributed by atoms with E-state index in [9.17, 15) is 19.2 Å². The lowest BCUT2D eigenvalue weighted by Crippen LogP contribution is -2.45. The number of fused-ring (bicyclic) bond motifs is 3. The molecule has 2 aromatic carbocycles. The summed E-state index contributed by atoms with van der Waals surface area (Å²) in [5.74, 6) is -1.45. The van der Waals surface area contributed by atoms with Crippen LogP contribution in [0.25, 0.3) is 11.1 Å². The zero-order chi connectivity index (χ0) is 44.5. The number of esters is 2. The Balaban J connectivity index is 1.41. The van der Waals surface area contributed by atoms with Crippen molar-refractivity contribution < 1.29 is 33.4 Å². The van der Waals surface area contributed by atoms with E-state index < -0.39 is 30.0 Å². The van der Waals surface area contributed by atoms with E-state index >= 15 is 0 Å². The van der Waals surface area contributed by atoms with Gasteiger partial charge >= 0.3 is 18.0 Å². The van der Waals surface area contributed by atoms with E-state index in [1.54, 1.807) is 0 Å². The maximum Gasteiger partial charge on any atom is 0.407 e. The summed E-state index contributed by atoms with van der Waals surface area (Å²) >= 11 is 4.34. The van der Waals surface area contributed by atoms with E-state index in [1.165, 1.54) is 128 Å². The van der Waals surface area contributed by atoms with Crippen LogP contribution in [0.1, 0.15) is 211 Å². The van der Waals surface area contributed by atoms with Crippen LogP contribution in [0, 0.1) is 6.42 Å². The molecular weight excluding hydrogens is 795 g/mol. The molecule has 62 heavy (non-hydrogen) atoms. The number of thiol groups is 1. The normalized spacial score (nSPS) is 13.0. The van der Waals surface area contributed by atoms with E-state index in [0.717, 1.165) is 60.8 Å². The second-order valence-electron chi connectivity index (χ2n) is 17.5. The number of unbranched alkanes of at least 4 members (excludes halogenated alkanes) is 24. The second-order valence-corrected chi connectivity index (χ2v) is 17.8. The molecule has 1 amide bonds. The van der Waals surface area contributed by atoms with Gasteiger partial charge in [-0.3, -0.25) is 14.4 Å². The highest BCUT2D eigenvalue weighted by atomic mass is 32.1. The van der Waals surface area contributed by atoms with Crippen molar-refractivity contribution in [2.75, 3.05) is 19.0 Å². The summed E-state index contributed by atoms with van der Waals surface area (Å²) in [7, 11) is 0. The summed E-state index contributed by atoms with van der Waals surface area (Å²) in [6.07, 6.45) is 31.4. The number of carbonyl (C=O) groups excluding carboxylic acids is 4. The van der Waals surface area contributed by atoms with Crippen molar-refractivity contribution in [3.63, 3.8) is 0 Å². The predicted octanol–water partition coefficient (Wildman–Crippen LogP) is 14.0. The Morgan fingerprint density at radius 2 is 0.968 bits per heavy atom. The molecule has 1 aliphatic rings. The van der Waals surface area contributed by atoms with Crippen LogP contribution in [-0.2, 0) is 28.6 Å². The third kappa shape index (κ3) is 22.3. The maximum absolute atomic E-state index is 13.5. The first kappa shape index (κ1) is 53.0. The average molecular weight is 877 g/mol. The molecule has 0 spiro atoms. The van der Waals surface area contributed by atoms with Gasteiger partial charge < -0.3 is 19.5 Å². The number of Topliss-reactive ketones (excluding diaryl/α,β-unsaturated/α-hetero) is 1. The number of alkyl carbamates (subject to hydrolysis) is 1. The molecule has 9 heteroatoms. The first-order chi connectivity index (χ1) is 30.4. The monoisotopic (exact) mass is 877 g/mol. The maximum atomic E-state index is 13.5. The predicted molar refractivity (Wildman–Crippen MR) is 257 cm³/mol. The highest BCUT2D eigenvalue weighted by Gasteiger charge is 2.31. The van der Waals surface area contributed by atoms with Gasteiger partial charge in [0.05, 0.1) is 6.42 Å². The van der Waals surface area contributed by atoms with Gasteiger partial charge in [-0.25, -0.2) is 4.79 Å². The Morgan fingerprint density at radius 3 is 1.40 bits per heavy atom. The Kier molecular flexibility index (Phi) is 29.2. The minimum absolute atomic E-state index is 0.00200. The lowest BCUT2D eigenvalue weighted by Gasteiger charge is -2.21. The van der Waals surface area contributed by atoms with E-state index in [-0.39, 0.29) is 43.7 Å². The fourth-order valence-electron chi connectivity index (χ4n) is 8.45. The Hall–Kier alpha value is -3.33. The zero-order valence-corrected chi connectivity index (χ0v) is 39.5. The first-order valence-electron chi connectivity index (χ1n) is 24.8. The van der Waals surface area contributed by atoms with Crippen molar-refractivity contribution in [2.24, 2.45) is 0 Å². The van der Waals surface area contributed by atoms with Crippen LogP contribution < -0.4 is 5.32 Å². The standard InChI is InChI=1S/C53H82NO7S/c1-3-5-7-9-11-13-15-17-19-21-23-25-27-37-51(56)59-40-43(61-52(57)38-28-26-24-22-20-18-16-14-12-10-8-6-4-2)39-50(55)49(42-62)54-53(58)60-41-48-46-35-31-29-33-44(46)45-34-30-32-36-47(45)48/h29-36,39,43,48-49,62H,3-28,37-38,40-42H2,1-2H3,(H,54,58)/t43?,49-/m0/s1. The minimum atomic E-state index is -1.08. The van der Waals surface area contributed by atoms with Gasteiger partial charge in [-0.05, 0) is 35.1 Å². The number of ether oxygens (including phenoxy) is 3. The molecule has 0 aliphatic heterocycles. The van der Waals surface area contributed by atoms with Crippen molar-refractivity contribution in [1.82, 2.24) is 5.32 Å². The number of ketones is 1. The molecule has 0 saturated heterocycles. The Bertz CT molecular complexity index is 1490. The molecule has 0 saturated carbocycles. The highest BCUT2D eigenvalue weighted by Crippen LogP contribution is 2.44. The fourth-order valence-corrected chi connectivity index (χ4v) is 8.73. The number of hydrogen-bond acceptors (Lipinski definition) is 8. The van der Waals surface area contributed by atoms with Gasteiger partial charge in [0.15, 0.2) is 5.78 Å². The lowest BCUT2D eigenvalue weighted by atomic mass is 9.98. The van der Waals surface area contributed by atoms with Crippen LogP contribution in [0.4, 0.5) is 4.79 Å². The van der Waals surface area contributed by atoms with Crippen molar-refractivity contribution >= 4 is 36.4 Å². The van der Waals surface area contributed by atoms with Gasteiger partial charge in [-0.1, -0.05) is 216 Å². The van der Waals surface area contributed by atoms with Crippen LogP contribution in [0.3, 0.4) is 0 Å². The number of nitrogens with one attached hydrogen (secondary N) is 1. The molecule has 0 heterocycles. The summed E-state index contributed by atoms with van der Waals surface area (Å²) in [4.78, 5) is 52.3. The highest BCUT2D eigenvalue weighted by molar-refractivity contribution is 7.80. The van der Waals surface area contributed by atoms with Crippen LogP contribution in [0.2, 0.25) is 0 Å². The zero-order valence-electron chi connectivity index (χ0n) is 38.7. The second kappa shape index (κ2) is 34.1. The quantitative estimate of drug-likeness (QED) is 0.0299. The molecule has 1 unspecified atom stereocenters. The number of rotatable bonds is 38. The van der Waals surface area contributed by atoms with Gasteiger partial charge in [-0.15, -0.1) is 0 Å². The van der Waals surface area contributed by atoms with Crippen LogP contribution in [0.15, 0.2) is 48.5 Å². The number of amides is 1. The summed E-state index contributed by atoms with van der Waals surface area (Å²) < 4.78 is 16.9. The lowest BCUT2D eigenvalue weighted by molar-refractivity contribution is -0.157. The SMILES string of the molecule is CCCCCCCCCCCCCCCC(=O)OCC([CH]C(=O)[C@H](CS)NC(=O)OCC1c2ccccc2-c2ccccc21)OC(=O)CCCCCCCCCCCCCCC. The third-order valence-electron chi connectivity index (χ3n) is 12.2. The molecule has 1 aliphatic carbocycles. The summed E-state index contributed by atoms with van der Waals surface area (Å²) in [6, 6.07) is 15.1. The molecule has 2 atom stereocenters. The molecule has 1 radical (unpaired) electrons. The summed E-state index contributed by atoms with van der Waals surface area (Å²) in [6.45, 7) is 4.34. The van der Waals surface area contributed by atoms with E-state index in [4.69, 9.17) is 14.2 Å². The van der Waals surface area contributed by atoms with Crippen molar-refractivity contribution in [3.8, 4) is 11.1 Å². The minimum Gasteiger partial charge on any atom is -0.462 e. The largest absolute Gasteiger partial charge is 0.462 e. The van der Waals surface area contributed by atoms with Crippen molar-refractivity contribution in [2.45, 2.75) is 212 Å². The molecule has 0 bridgehead atoms. The van der Waals surface area contributed by atoms with Crippen LogP contribution in [-0.4, -0.2) is 54.9 Å². The van der Waals surface area contributed by atoms with E-state index in [2.05, 4.69) is 43.9 Å². The molecular formula is C53H82NO7S. The number of benzene rings is 2. The Labute approximate surface area is 381 Å². The average Bonchev–Trinajstić information content (AvgIpc) is 3.60. The van der Waals surface area contributed by atoms with Gasteiger partial charge in [0.25, 0.3) is 0 Å². The van der Waals surface area contributed by atoms with Gasteiger partial charge in [0, 0.05) is 24.5 Å². The van der Waals surface area contributed by atoms with Crippen molar-refractivity contribution in [3.05, 3.63) is 66.1 Å². The smallest absolute Gasteiger partial charge is 0.407 e. The molecule has 347 valence electrons.